The van der Waals surface area contributed by atoms with Crippen LogP contribution in [0, 0.1) is 11.8 Å². The molecule has 168 valence electrons. The third kappa shape index (κ3) is 2.97. The van der Waals surface area contributed by atoms with Gasteiger partial charge in [0.15, 0.2) is 6.61 Å². The fraction of sp³-hybridized carbons (Fsp3) is 0.185. The smallest absolute Gasteiger partial charge is 0.341 e. The van der Waals surface area contributed by atoms with Gasteiger partial charge in [0.1, 0.15) is 5.75 Å². The van der Waals surface area contributed by atoms with Crippen LogP contribution in [0.4, 0.5) is 0 Å². The summed E-state index contributed by atoms with van der Waals surface area (Å²) in [5.41, 5.74) is 5.15. The minimum absolute atomic E-state index is 0.162. The van der Waals surface area contributed by atoms with Crippen molar-refractivity contribution in [1.29, 1.82) is 0 Å². The number of imide groups is 1. The summed E-state index contributed by atoms with van der Waals surface area (Å²) in [4.78, 5) is 37.6. The lowest BCUT2D eigenvalue weighted by Crippen LogP contribution is -2.41. The first-order valence-corrected chi connectivity index (χ1v) is 11.1. The second-order valence-electron chi connectivity index (χ2n) is 8.75. The van der Waals surface area contributed by atoms with E-state index in [-0.39, 0.29) is 23.7 Å². The zero-order chi connectivity index (χ0) is 23.4. The molecule has 1 heterocycles. The molecule has 4 aliphatic rings. The monoisotopic (exact) mass is 452 g/mol. The zero-order valence-corrected chi connectivity index (χ0v) is 18.0. The van der Waals surface area contributed by atoms with Crippen LogP contribution in [-0.2, 0) is 14.4 Å². The second kappa shape index (κ2) is 7.66. The number of benzene rings is 3. The van der Waals surface area contributed by atoms with Gasteiger partial charge in [-0.1, -0.05) is 48.5 Å². The third-order valence-electron chi connectivity index (χ3n) is 6.99. The first-order chi connectivity index (χ1) is 16.5. The number of carbonyl (C=O) groups excluding carboxylic acids is 2. The summed E-state index contributed by atoms with van der Waals surface area (Å²) in [7, 11) is 0. The van der Waals surface area contributed by atoms with Crippen molar-refractivity contribution < 1.29 is 24.2 Å². The Morgan fingerprint density at radius 3 is 1.74 bits per heavy atom. The Hall–Kier alpha value is -4.26. The molecule has 0 radical (unpaired) electrons. The topological polar surface area (TPSA) is 96.3 Å². The molecule has 1 aliphatic heterocycles. The maximum atomic E-state index is 13.5. The van der Waals surface area contributed by atoms with Gasteiger partial charge >= 0.3 is 5.97 Å². The molecule has 2 atom stereocenters. The van der Waals surface area contributed by atoms with E-state index in [4.69, 9.17) is 9.84 Å². The van der Waals surface area contributed by atoms with Crippen molar-refractivity contribution in [2.75, 3.05) is 6.61 Å². The van der Waals surface area contributed by atoms with Crippen LogP contribution in [0.15, 0.2) is 77.9 Å². The van der Waals surface area contributed by atoms with Crippen molar-refractivity contribution in [1.82, 2.24) is 5.01 Å². The Balaban J connectivity index is 1.31. The fourth-order valence-electron chi connectivity index (χ4n) is 5.69. The minimum atomic E-state index is -1.06. The van der Waals surface area contributed by atoms with E-state index >= 15 is 0 Å². The Labute approximate surface area is 195 Å². The molecule has 1 fully saturated rings. The Bertz CT molecular complexity index is 1250. The quantitative estimate of drug-likeness (QED) is 0.473. The standard InChI is InChI=1S/C27H20N2O5/c30-21(31)14-34-16-11-9-15(10-12-16)13-28-29-26(32)24-22-17-5-1-2-6-18(17)23(25(24)27(29)33)20-8-4-3-7-19(20)22/h1-13,22-25H,14H2,(H,30,31)/b28-13-/t22?,23?,24-,25+. The summed E-state index contributed by atoms with van der Waals surface area (Å²) in [6.07, 6.45) is 1.47. The molecule has 2 amide bonds. The molecule has 3 aromatic rings. The molecule has 3 aliphatic carbocycles. The van der Waals surface area contributed by atoms with Crippen LogP contribution in [0.25, 0.3) is 0 Å². The number of rotatable bonds is 5. The molecule has 7 nitrogen and oxygen atoms in total. The lowest BCUT2D eigenvalue weighted by Gasteiger charge is -2.45. The SMILES string of the molecule is O=C(O)COc1ccc(/C=N\N2C(=O)[C@@H]3C4c5ccccc5C(c5ccccc54)[C@@H]3C2=O)cc1. The number of aliphatic carboxylic acids is 1. The molecule has 3 aromatic carbocycles. The van der Waals surface area contributed by atoms with Gasteiger partial charge in [-0.25, -0.2) is 4.79 Å². The number of carboxylic acid groups (broad SMARTS) is 1. The Morgan fingerprint density at radius 1 is 0.824 bits per heavy atom. The predicted octanol–water partition coefficient (Wildman–Crippen LogP) is 3.38. The van der Waals surface area contributed by atoms with Gasteiger partial charge in [-0.3, -0.25) is 9.59 Å². The van der Waals surface area contributed by atoms with Gasteiger partial charge in [0, 0.05) is 11.8 Å². The van der Waals surface area contributed by atoms with Crippen LogP contribution < -0.4 is 4.74 Å². The highest BCUT2D eigenvalue weighted by Crippen LogP contribution is 2.60. The van der Waals surface area contributed by atoms with Crippen molar-refractivity contribution in [3.8, 4) is 5.75 Å². The van der Waals surface area contributed by atoms with E-state index in [1.54, 1.807) is 24.3 Å². The van der Waals surface area contributed by atoms with Crippen LogP contribution in [-0.4, -0.2) is 40.7 Å². The van der Waals surface area contributed by atoms with Crippen molar-refractivity contribution in [2.45, 2.75) is 11.8 Å². The number of ether oxygens (including phenoxy) is 1. The molecule has 0 aromatic heterocycles. The number of hydrogen-bond acceptors (Lipinski definition) is 5. The molecule has 34 heavy (non-hydrogen) atoms. The van der Waals surface area contributed by atoms with Crippen LogP contribution in [0.3, 0.4) is 0 Å². The lowest BCUT2D eigenvalue weighted by atomic mass is 9.55. The van der Waals surface area contributed by atoms with Gasteiger partial charge in [-0.05, 0) is 52.1 Å². The fourth-order valence-corrected chi connectivity index (χ4v) is 5.69. The number of hydrazone groups is 1. The van der Waals surface area contributed by atoms with Gasteiger partial charge in [0.25, 0.3) is 11.8 Å². The van der Waals surface area contributed by atoms with E-state index in [0.717, 1.165) is 27.3 Å². The van der Waals surface area contributed by atoms with Crippen LogP contribution in [0.1, 0.15) is 39.7 Å². The summed E-state index contributed by atoms with van der Waals surface area (Å²) in [5.74, 6) is -2.45. The van der Waals surface area contributed by atoms with E-state index in [9.17, 15) is 14.4 Å². The maximum absolute atomic E-state index is 13.5. The van der Waals surface area contributed by atoms with E-state index in [1.165, 1.54) is 6.21 Å². The first-order valence-electron chi connectivity index (χ1n) is 11.1. The Kier molecular flexibility index (Phi) is 4.58. The summed E-state index contributed by atoms with van der Waals surface area (Å²) < 4.78 is 5.13. The van der Waals surface area contributed by atoms with Gasteiger partial charge < -0.3 is 9.84 Å². The van der Waals surface area contributed by atoms with E-state index in [0.29, 0.717) is 11.3 Å². The van der Waals surface area contributed by atoms with E-state index in [2.05, 4.69) is 29.4 Å². The van der Waals surface area contributed by atoms with Gasteiger partial charge in [-0.2, -0.15) is 10.1 Å². The molecule has 0 saturated carbocycles. The van der Waals surface area contributed by atoms with Gasteiger partial charge in [0.2, 0.25) is 0 Å². The highest BCUT2D eigenvalue weighted by Gasteiger charge is 2.61. The van der Waals surface area contributed by atoms with Crippen LogP contribution in [0.2, 0.25) is 0 Å². The van der Waals surface area contributed by atoms with Crippen molar-refractivity contribution in [3.63, 3.8) is 0 Å². The average molecular weight is 452 g/mol. The molecule has 7 rings (SSSR count). The summed E-state index contributed by atoms with van der Waals surface area (Å²) >= 11 is 0. The summed E-state index contributed by atoms with van der Waals surface area (Å²) in [6, 6.07) is 22.8. The second-order valence-corrected chi connectivity index (χ2v) is 8.75. The molecule has 0 unspecified atom stereocenters. The highest BCUT2D eigenvalue weighted by atomic mass is 16.5. The third-order valence-corrected chi connectivity index (χ3v) is 6.99. The van der Waals surface area contributed by atoms with Crippen molar-refractivity contribution in [2.24, 2.45) is 16.9 Å². The molecule has 7 heteroatoms. The van der Waals surface area contributed by atoms with Gasteiger partial charge in [-0.15, -0.1) is 0 Å². The first kappa shape index (κ1) is 20.4. The molecule has 1 N–H and O–H groups in total. The van der Waals surface area contributed by atoms with Crippen molar-refractivity contribution >= 4 is 24.0 Å². The predicted molar refractivity (Wildman–Crippen MR) is 123 cm³/mol. The summed E-state index contributed by atoms with van der Waals surface area (Å²) in [6.45, 7) is -0.430. The van der Waals surface area contributed by atoms with Crippen molar-refractivity contribution in [3.05, 3.63) is 101 Å². The summed E-state index contributed by atoms with van der Waals surface area (Å²) in [5, 5.41) is 14.0. The molecule has 2 bridgehead atoms. The van der Waals surface area contributed by atoms with Gasteiger partial charge in [0.05, 0.1) is 18.1 Å². The minimum Gasteiger partial charge on any atom is -0.482 e. The Morgan fingerprint density at radius 2 is 1.29 bits per heavy atom. The average Bonchev–Trinajstić information content (AvgIpc) is 3.12. The number of amides is 2. The molecular weight excluding hydrogens is 432 g/mol. The molecular formula is C27H20N2O5. The number of carbonyl (C=O) groups is 3. The normalized spacial score (nSPS) is 24.2. The van der Waals surface area contributed by atoms with Crippen LogP contribution >= 0.6 is 0 Å². The molecule has 1 saturated heterocycles. The number of carboxylic acids is 1. The lowest BCUT2D eigenvalue weighted by molar-refractivity contribution is -0.140. The van der Waals surface area contributed by atoms with E-state index in [1.807, 2.05) is 24.3 Å². The number of hydrogen-bond donors (Lipinski definition) is 1. The van der Waals surface area contributed by atoms with E-state index < -0.39 is 24.4 Å². The van der Waals surface area contributed by atoms with Crippen LogP contribution in [0.5, 0.6) is 5.75 Å². The molecule has 0 spiro atoms. The maximum Gasteiger partial charge on any atom is 0.341 e. The number of nitrogens with zero attached hydrogens (tertiary/aromatic N) is 2. The highest BCUT2D eigenvalue weighted by molar-refractivity contribution is 6.08. The zero-order valence-electron chi connectivity index (χ0n) is 18.0. The largest absolute Gasteiger partial charge is 0.482 e.